The average Bonchev–Trinajstić information content (AvgIpc) is 2.94. The van der Waals surface area contributed by atoms with Gasteiger partial charge in [-0.25, -0.2) is 0 Å². The Morgan fingerprint density at radius 1 is 1.19 bits per heavy atom. The summed E-state index contributed by atoms with van der Waals surface area (Å²) in [6, 6.07) is 4.83. The predicted molar refractivity (Wildman–Crippen MR) is 54.3 cm³/mol. The largest absolute Gasteiger partial charge is 0.493 e. The van der Waals surface area contributed by atoms with Crippen molar-refractivity contribution in [2.24, 2.45) is 5.41 Å². The van der Waals surface area contributed by atoms with E-state index in [-0.39, 0.29) is 5.41 Å². The number of alkyl halides is 3. The van der Waals surface area contributed by atoms with Crippen molar-refractivity contribution in [3.05, 3.63) is 29.8 Å². The summed E-state index contributed by atoms with van der Waals surface area (Å²) in [6.07, 6.45) is -2.01. The molecule has 0 N–H and O–H groups in total. The predicted octanol–water partition coefficient (Wildman–Crippen LogP) is 3.88. The highest BCUT2D eigenvalue weighted by molar-refractivity contribution is 5.28. The topological polar surface area (TPSA) is 9.23 Å². The van der Waals surface area contributed by atoms with Gasteiger partial charge in [0.2, 0.25) is 0 Å². The first-order valence-electron chi connectivity index (χ1n) is 5.19. The smallest absolute Gasteiger partial charge is 0.416 e. The standard InChI is InChI=1S/C12H13F3O/c1-11(6-7-11)8-16-10-4-2-9(3-5-10)12(13,14)15/h2-5H,6-8H2,1H3. The van der Waals surface area contributed by atoms with Crippen molar-refractivity contribution in [3.63, 3.8) is 0 Å². The van der Waals surface area contributed by atoms with Crippen molar-refractivity contribution in [1.29, 1.82) is 0 Å². The van der Waals surface area contributed by atoms with Crippen LogP contribution in [0.2, 0.25) is 0 Å². The normalized spacial score (nSPS) is 18.2. The summed E-state index contributed by atoms with van der Waals surface area (Å²) in [7, 11) is 0. The molecule has 0 atom stereocenters. The van der Waals surface area contributed by atoms with Crippen LogP contribution in [-0.2, 0) is 6.18 Å². The molecule has 16 heavy (non-hydrogen) atoms. The third-order valence-electron chi connectivity index (χ3n) is 2.87. The van der Waals surface area contributed by atoms with Crippen LogP contribution in [0.5, 0.6) is 5.75 Å². The Morgan fingerprint density at radius 3 is 2.19 bits per heavy atom. The van der Waals surface area contributed by atoms with Gasteiger partial charge in [0, 0.05) is 5.41 Å². The zero-order valence-corrected chi connectivity index (χ0v) is 8.97. The van der Waals surface area contributed by atoms with Crippen molar-refractivity contribution >= 4 is 0 Å². The van der Waals surface area contributed by atoms with Crippen molar-refractivity contribution in [2.75, 3.05) is 6.61 Å². The van der Waals surface area contributed by atoms with E-state index < -0.39 is 11.7 Å². The van der Waals surface area contributed by atoms with Gasteiger partial charge in [-0.1, -0.05) is 6.92 Å². The molecule has 1 aliphatic carbocycles. The van der Waals surface area contributed by atoms with Crippen molar-refractivity contribution in [2.45, 2.75) is 25.9 Å². The highest BCUT2D eigenvalue weighted by atomic mass is 19.4. The molecule has 0 aliphatic heterocycles. The van der Waals surface area contributed by atoms with Crippen LogP contribution in [0.1, 0.15) is 25.3 Å². The first-order valence-corrected chi connectivity index (χ1v) is 5.19. The fourth-order valence-corrected chi connectivity index (χ4v) is 1.36. The maximum atomic E-state index is 12.3. The zero-order chi connectivity index (χ0) is 11.8. The molecule has 0 saturated heterocycles. The van der Waals surface area contributed by atoms with Gasteiger partial charge in [0.25, 0.3) is 0 Å². The number of hydrogen-bond donors (Lipinski definition) is 0. The first-order chi connectivity index (χ1) is 7.39. The van der Waals surface area contributed by atoms with E-state index in [0.29, 0.717) is 12.4 Å². The summed E-state index contributed by atoms with van der Waals surface area (Å²) in [6.45, 7) is 2.69. The Hall–Kier alpha value is -1.19. The van der Waals surface area contributed by atoms with E-state index in [9.17, 15) is 13.2 Å². The molecule has 1 nitrogen and oxygen atoms in total. The molecule has 0 spiro atoms. The Kier molecular flexibility index (Phi) is 2.60. The van der Waals surface area contributed by atoms with Gasteiger partial charge in [-0.05, 0) is 37.1 Å². The van der Waals surface area contributed by atoms with Crippen molar-refractivity contribution < 1.29 is 17.9 Å². The molecular formula is C12H13F3O. The molecule has 0 bridgehead atoms. The van der Waals surface area contributed by atoms with Gasteiger partial charge in [0.15, 0.2) is 0 Å². The second-order valence-electron chi connectivity index (χ2n) is 4.62. The van der Waals surface area contributed by atoms with E-state index >= 15 is 0 Å². The monoisotopic (exact) mass is 230 g/mol. The SMILES string of the molecule is CC1(COc2ccc(C(F)(F)F)cc2)CC1. The van der Waals surface area contributed by atoms with E-state index in [1.807, 2.05) is 0 Å². The number of hydrogen-bond acceptors (Lipinski definition) is 1. The molecule has 1 aromatic carbocycles. The number of halogens is 3. The molecule has 0 unspecified atom stereocenters. The highest BCUT2D eigenvalue weighted by Gasteiger charge is 2.38. The fraction of sp³-hybridized carbons (Fsp3) is 0.500. The van der Waals surface area contributed by atoms with Crippen LogP contribution in [0.25, 0.3) is 0 Å². The molecule has 0 aromatic heterocycles. The Balaban J connectivity index is 1.96. The summed E-state index contributed by atoms with van der Waals surface area (Å²) < 4.78 is 42.2. The third kappa shape index (κ3) is 2.68. The molecule has 0 amide bonds. The molecule has 88 valence electrons. The van der Waals surface area contributed by atoms with Gasteiger partial charge in [-0.2, -0.15) is 13.2 Å². The lowest BCUT2D eigenvalue weighted by Gasteiger charge is -2.12. The maximum Gasteiger partial charge on any atom is 0.416 e. The Morgan fingerprint density at radius 2 is 1.75 bits per heavy atom. The van der Waals surface area contributed by atoms with E-state index in [2.05, 4.69) is 6.92 Å². The fourth-order valence-electron chi connectivity index (χ4n) is 1.36. The van der Waals surface area contributed by atoms with E-state index in [1.54, 1.807) is 0 Å². The molecule has 1 fully saturated rings. The van der Waals surface area contributed by atoms with Gasteiger partial charge >= 0.3 is 6.18 Å². The molecule has 1 saturated carbocycles. The van der Waals surface area contributed by atoms with Crippen molar-refractivity contribution in [3.8, 4) is 5.75 Å². The van der Waals surface area contributed by atoms with Crippen LogP contribution in [0, 0.1) is 5.41 Å². The van der Waals surface area contributed by atoms with Gasteiger partial charge < -0.3 is 4.74 Å². The number of benzene rings is 1. The molecule has 1 aromatic rings. The number of ether oxygens (including phenoxy) is 1. The molecule has 2 rings (SSSR count). The maximum absolute atomic E-state index is 12.3. The van der Waals surface area contributed by atoms with Crippen LogP contribution in [0.15, 0.2) is 24.3 Å². The highest BCUT2D eigenvalue weighted by Crippen LogP contribution is 2.45. The summed E-state index contributed by atoms with van der Waals surface area (Å²) in [4.78, 5) is 0. The minimum atomic E-state index is -4.28. The molecular weight excluding hydrogens is 217 g/mol. The second kappa shape index (κ2) is 3.68. The van der Waals surface area contributed by atoms with Crippen LogP contribution < -0.4 is 4.74 Å². The average molecular weight is 230 g/mol. The first kappa shape index (κ1) is 11.3. The minimum Gasteiger partial charge on any atom is -0.493 e. The lowest BCUT2D eigenvalue weighted by Crippen LogP contribution is -2.09. The van der Waals surface area contributed by atoms with Crippen LogP contribution >= 0.6 is 0 Å². The summed E-state index contributed by atoms with van der Waals surface area (Å²) in [5.74, 6) is 0.501. The van der Waals surface area contributed by atoms with E-state index in [0.717, 1.165) is 25.0 Å². The summed E-state index contributed by atoms with van der Waals surface area (Å²) >= 11 is 0. The second-order valence-corrected chi connectivity index (χ2v) is 4.62. The minimum absolute atomic E-state index is 0.239. The molecule has 1 aliphatic rings. The number of rotatable bonds is 3. The molecule has 4 heteroatoms. The van der Waals surface area contributed by atoms with Crippen LogP contribution in [0.3, 0.4) is 0 Å². The third-order valence-corrected chi connectivity index (χ3v) is 2.87. The van der Waals surface area contributed by atoms with Crippen LogP contribution in [0.4, 0.5) is 13.2 Å². The quantitative estimate of drug-likeness (QED) is 0.765. The van der Waals surface area contributed by atoms with E-state index in [4.69, 9.17) is 4.74 Å². The molecule has 0 radical (unpaired) electrons. The lowest BCUT2D eigenvalue weighted by atomic mass is 10.2. The Labute approximate surface area is 92.2 Å². The summed E-state index contributed by atoms with van der Waals surface area (Å²) in [5, 5.41) is 0. The van der Waals surface area contributed by atoms with E-state index in [1.165, 1.54) is 12.1 Å². The van der Waals surface area contributed by atoms with Crippen LogP contribution in [-0.4, -0.2) is 6.61 Å². The summed E-state index contributed by atoms with van der Waals surface area (Å²) in [5.41, 5.74) is -0.402. The van der Waals surface area contributed by atoms with Gasteiger partial charge in [-0.3, -0.25) is 0 Å². The van der Waals surface area contributed by atoms with Gasteiger partial charge in [-0.15, -0.1) is 0 Å². The van der Waals surface area contributed by atoms with Gasteiger partial charge in [0.1, 0.15) is 5.75 Å². The lowest BCUT2D eigenvalue weighted by molar-refractivity contribution is -0.137. The molecule has 0 heterocycles. The zero-order valence-electron chi connectivity index (χ0n) is 8.97. The Bertz CT molecular complexity index is 363. The van der Waals surface area contributed by atoms with Crippen molar-refractivity contribution in [1.82, 2.24) is 0 Å². The van der Waals surface area contributed by atoms with Gasteiger partial charge in [0.05, 0.1) is 12.2 Å².